The molecular weight excluding hydrogens is 278 g/mol. The van der Waals surface area contributed by atoms with E-state index in [4.69, 9.17) is 5.11 Å². The number of carboxylic acids is 1. The highest BCUT2D eigenvalue weighted by Gasteiger charge is 2.34. The molecule has 0 aliphatic heterocycles. The summed E-state index contributed by atoms with van der Waals surface area (Å²) in [6, 6.07) is 6.78. The van der Waals surface area contributed by atoms with Crippen molar-refractivity contribution in [2.45, 2.75) is 51.0 Å². The molecule has 2 aliphatic rings. The van der Waals surface area contributed by atoms with Gasteiger partial charge in [0.25, 0.3) is 5.91 Å². The summed E-state index contributed by atoms with van der Waals surface area (Å²) < 4.78 is 0. The highest BCUT2D eigenvalue weighted by atomic mass is 16.4. The quantitative estimate of drug-likeness (QED) is 0.904. The van der Waals surface area contributed by atoms with E-state index in [1.165, 1.54) is 44.2 Å². The van der Waals surface area contributed by atoms with Crippen LogP contribution in [0.4, 0.5) is 0 Å². The lowest BCUT2D eigenvalue weighted by Crippen LogP contribution is -2.37. The number of carbonyl (C=O) groups is 2. The van der Waals surface area contributed by atoms with E-state index in [9.17, 15) is 9.59 Å². The van der Waals surface area contributed by atoms with Crippen LogP contribution >= 0.6 is 0 Å². The van der Waals surface area contributed by atoms with Crippen molar-refractivity contribution in [1.82, 2.24) is 4.90 Å². The van der Waals surface area contributed by atoms with Crippen LogP contribution in [0.25, 0.3) is 0 Å². The summed E-state index contributed by atoms with van der Waals surface area (Å²) in [7, 11) is 0. The molecule has 2 aliphatic carbocycles. The maximum Gasteiger partial charge on any atom is 0.335 e. The molecule has 1 aromatic rings. The van der Waals surface area contributed by atoms with E-state index >= 15 is 0 Å². The summed E-state index contributed by atoms with van der Waals surface area (Å²) in [5.74, 6) is -0.378. The second kappa shape index (κ2) is 6.51. The highest BCUT2D eigenvalue weighted by molar-refractivity contribution is 5.97. The molecule has 3 rings (SSSR count). The van der Waals surface area contributed by atoms with Crippen LogP contribution in [0, 0.1) is 5.92 Å². The molecule has 0 unspecified atom stereocenters. The number of amides is 1. The average Bonchev–Trinajstić information content (AvgIpc) is 3.38. The predicted octanol–water partition coefficient (Wildman–Crippen LogP) is 3.57. The largest absolute Gasteiger partial charge is 0.478 e. The Labute approximate surface area is 131 Å². The normalized spacial score (nSPS) is 18.9. The Kier molecular flexibility index (Phi) is 4.46. The Morgan fingerprint density at radius 2 is 1.73 bits per heavy atom. The molecule has 0 aromatic heterocycles. The van der Waals surface area contributed by atoms with E-state index in [-0.39, 0.29) is 11.5 Å². The molecule has 118 valence electrons. The lowest BCUT2D eigenvalue weighted by atomic mass is 9.88. The van der Waals surface area contributed by atoms with Crippen molar-refractivity contribution in [3.05, 3.63) is 35.4 Å². The van der Waals surface area contributed by atoms with Crippen LogP contribution in [-0.2, 0) is 0 Å². The Morgan fingerprint density at radius 1 is 1.05 bits per heavy atom. The van der Waals surface area contributed by atoms with Crippen LogP contribution in [0.1, 0.15) is 65.7 Å². The minimum Gasteiger partial charge on any atom is -0.478 e. The molecular formula is C18H23NO3. The molecule has 4 nitrogen and oxygen atoms in total. The first-order chi connectivity index (χ1) is 10.6. The van der Waals surface area contributed by atoms with Crippen LogP contribution < -0.4 is 0 Å². The monoisotopic (exact) mass is 301 g/mol. The van der Waals surface area contributed by atoms with Crippen LogP contribution in [0.2, 0.25) is 0 Å². The second-order valence-electron chi connectivity index (χ2n) is 6.58. The first kappa shape index (κ1) is 15.1. The van der Waals surface area contributed by atoms with Gasteiger partial charge in [0, 0.05) is 18.2 Å². The molecule has 22 heavy (non-hydrogen) atoms. The summed E-state index contributed by atoms with van der Waals surface area (Å²) in [5.41, 5.74) is 0.682. The topological polar surface area (TPSA) is 57.6 Å². The third kappa shape index (κ3) is 3.49. The fraction of sp³-hybridized carbons (Fsp3) is 0.556. The molecule has 0 heterocycles. The van der Waals surface area contributed by atoms with Gasteiger partial charge in [0.15, 0.2) is 0 Å². The van der Waals surface area contributed by atoms with E-state index in [1.54, 1.807) is 12.1 Å². The van der Waals surface area contributed by atoms with Gasteiger partial charge in [-0.15, -0.1) is 0 Å². The minimum atomic E-state index is -0.986. The maximum atomic E-state index is 12.8. The summed E-state index contributed by atoms with van der Waals surface area (Å²) in [4.78, 5) is 25.9. The summed E-state index contributed by atoms with van der Waals surface area (Å²) in [6.45, 7) is 0.834. The zero-order valence-corrected chi connectivity index (χ0v) is 12.8. The average molecular weight is 301 g/mol. The molecule has 4 heteroatoms. The number of carboxylic acid groups (broad SMARTS) is 1. The van der Waals surface area contributed by atoms with Gasteiger partial charge in [-0.3, -0.25) is 4.79 Å². The number of carbonyl (C=O) groups excluding carboxylic acids is 1. The predicted molar refractivity (Wildman–Crippen MR) is 84.0 cm³/mol. The van der Waals surface area contributed by atoms with Gasteiger partial charge in [-0.25, -0.2) is 4.79 Å². The van der Waals surface area contributed by atoms with Gasteiger partial charge in [0.05, 0.1) is 5.56 Å². The smallest absolute Gasteiger partial charge is 0.335 e. The van der Waals surface area contributed by atoms with Crippen LogP contribution in [0.15, 0.2) is 24.3 Å². The van der Waals surface area contributed by atoms with Crippen LogP contribution in [0.5, 0.6) is 0 Å². The van der Waals surface area contributed by atoms with Crippen molar-refractivity contribution in [1.29, 1.82) is 0 Å². The molecule has 1 aromatic carbocycles. The number of nitrogens with zero attached hydrogens (tertiary/aromatic N) is 1. The van der Waals surface area contributed by atoms with Crippen LogP contribution in [0.3, 0.4) is 0 Å². The van der Waals surface area contributed by atoms with Gasteiger partial charge in [0.2, 0.25) is 0 Å². The van der Waals surface area contributed by atoms with E-state index in [0.717, 1.165) is 19.4 Å². The molecule has 0 spiro atoms. The van der Waals surface area contributed by atoms with Crippen molar-refractivity contribution < 1.29 is 14.7 Å². The summed E-state index contributed by atoms with van der Waals surface area (Å²) in [6.07, 6.45) is 8.44. The first-order valence-corrected chi connectivity index (χ1v) is 8.29. The zero-order chi connectivity index (χ0) is 15.5. The molecule has 1 N–H and O–H groups in total. The van der Waals surface area contributed by atoms with Crippen molar-refractivity contribution in [3.8, 4) is 0 Å². The van der Waals surface area contributed by atoms with Gasteiger partial charge in [-0.1, -0.05) is 25.3 Å². The Balaban J connectivity index is 1.74. The number of rotatable bonds is 5. The van der Waals surface area contributed by atoms with Gasteiger partial charge in [-0.05, 0) is 49.8 Å². The zero-order valence-electron chi connectivity index (χ0n) is 12.8. The van der Waals surface area contributed by atoms with E-state index in [0.29, 0.717) is 17.5 Å². The molecule has 2 saturated carbocycles. The van der Waals surface area contributed by atoms with Gasteiger partial charge < -0.3 is 10.0 Å². The van der Waals surface area contributed by atoms with Crippen LogP contribution in [-0.4, -0.2) is 34.5 Å². The fourth-order valence-corrected chi connectivity index (χ4v) is 3.38. The summed E-state index contributed by atoms with van der Waals surface area (Å²) in [5, 5.41) is 9.09. The number of benzene rings is 1. The molecule has 0 atom stereocenters. The molecule has 0 bridgehead atoms. The lowest BCUT2D eigenvalue weighted by molar-refractivity contribution is 0.0696. The van der Waals surface area contributed by atoms with Gasteiger partial charge in [0.1, 0.15) is 0 Å². The standard InChI is InChI=1S/C18H23NO3/c20-17(14-7-4-8-15(11-14)18(21)22)19(16-9-10-16)12-13-5-2-1-3-6-13/h4,7-8,11,13,16H,1-3,5-6,9-10,12H2,(H,21,22). The molecule has 0 saturated heterocycles. The lowest BCUT2D eigenvalue weighted by Gasteiger charge is -2.30. The third-order valence-electron chi connectivity index (χ3n) is 4.78. The Morgan fingerprint density at radius 3 is 2.36 bits per heavy atom. The molecule has 2 fully saturated rings. The SMILES string of the molecule is O=C(O)c1cccc(C(=O)N(CC2CCCCC2)C2CC2)c1. The van der Waals surface area contributed by atoms with E-state index < -0.39 is 5.97 Å². The van der Waals surface area contributed by atoms with Crippen molar-refractivity contribution >= 4 is 11.9 Å². The van der Waals surface area contributed by atoms with E-state index in [1.807, 2.05) is 4.90 Å². The van der Waals surface area contributed by atoms with E-state index in [2.05, 4.69) is 0 Å². The minimum absolute atomic E-state index is 0.00354. The van der Waals surface area contributed by atoms with Crippen molar-refractivity contribution in [2.24, 2.45) is 5.92 Å². The van der Waals surface area contributed by atoms with Gasteiger partial charge >= 0.3 is 5.97 Å². The number of aromatic carboxylic acids is 1. The van der Waals surface area contributed by atoms with Crippen molar-refractivity contribution in [3.63, 3.8) is 0 Å². The van der Waals surface area contributed by atoms with Crippen molar-refractivity contribution in [2.75, 3.05) is 6.54 Å². The summed E-state index contributed by atoms with van der Waals surface area (Å²) >= 11 is 0. The Bertz CT molecular complexity index is 559. The van der Waals surface area contributed by atoms with Gasteiger partial charge in [-0.2, -0.15) is 0 Å². The number of hydrogen-bond acceptors (Lipinski definition) is 2. The molecule has 0 radical (unpaired) electrons. The maximum absolute atomic E-state index is 12.8. The highest BCUT2D eigenvalue weighted by Crippen LogP contribution is 2.32. The fourth-order valence-electron chi connectivity index (χ4n) is 3.38. The first-order valence-electron chi connectivity index (χ1n) is 8.29. The second-order valence-corrected chi connectivity index (χ2v) is 6.58. The Hall–Kier alpha value is -1.84. The number of hydrogen-bond donors (Lipinski definition) is 1. The third-order valence-corrected chi connectivity index (χ3v) is 4.78. The molecule has 1 amide bonds.